The molecule has 0 saturated carbocycles. The van der Waals surface area contributed by atoms with Gasteiger partial charge in [0.25, 0.3) is 6.08 Å². The van der Waals surface area contributed by atoms with E-state index >= 15 is 0 Å². The zero-order valence-corrected chi connectivity index (χ0v) is 9.08. The van der Waals surface area contributed by atoms with Crippen LogP contribution >= 0.6 is 0 Å². The molecule has 0 fully saturated rings. The average Bonchev–Trinajstić information content (AvgIpc) is 2.28. The Morgan fingerprint density at radius 2 is 2.00 bits per heavy atom. The van der Waals surface area contributed by atoms with E-state index in [0.717, 1.165) is 17.5 Å². The van der Waals surface area contributed by atoms with Crippen LogP contribution < -0.4 is 0 Å². The molecule has 0 bridgehead atoms. The Bertz CT molecular complexity index is 422. The van der Waals surface area contributed by atoms with Crippen molar-refractivity contribution in [3.63, 3.8) is 0 Å². The third kappa shape index (κ3) is 1.87. The summed E-state index contributed by atoms with van der Waals surface area (Å²) >= 11 is 0. The molecule has 1 N–H and O–H groups in total. The molecule has 0 aromatic heterocycles. The molecule has 0 heterocycles. The van der Waals surface area contributed by atoms with Crippen LogP contribution in [0.3, 0.4) is 0 Å². The minimum atomic E-state index is -1.68. The number of hydrogen-bond acceptors (Lipinski definition) is 1. The fraction of sp³-hybridized carbons (Fsp3) is 0.385. The number of aliphatic hydroxyl groups is 1. The summed E-state index contributed by atoms with van der Waals surface area (Å²) in [5.41, 5.74) is 1.89. The Hall–Kier alpha value is -1.22. The largest absolute Gasteiger partial charge is 0.392 e. The van der Waals surface area contributed by atoms with E-state index in [-0.39, 0.29) is 5.57 Å². The molecule has 0 aliphatic heterocycles. The van der Waals surface area contributed by atoms with Crippen molar-refractivity contribution in [1.82, 2.24) is 0 Å². The third-order valence-corrected chi connectivity index (χ3v) is 3.25. The van der Waals surface area contributed by atoms with Gasteiger partial charge < -0.3 is 5.11 Å². The Labute approximate surface area is 93.4 Å². The van der Waals surface area contributed by atoms with Gasteiger partial charge in [-0.15, -0.1) is 0 Å². The van der Waals surface area contributed by atoms with Gasteiger partial charge in [-0.2, -0.15) is 8.78 Å². The summed E-state index contributed by atoms with van der Waals surface area (Å²) in [5, 5.41) is 9.87. The van der Waals surface area contributed by atoms with Gasteiger partial charge in [0.1, 0.15) is 0 Å². The van der Waals surface area contributed by atoms with E-state index in [1.54, 1.807) is 0 Å². The van der Waals surface area contributed by atoms with Gasteiger partial charge in [-0.05, 0) is 30.9 Å². The lowest BCUT2D eigenvalue weighted by Gasteiger charge is -2.30. The monoisotopic (exact) mass is 224 g/mol. The first-order valence-electron chi connectivity index (χ1n) is 5.39. The maximum absolute atomic E-state index is 12.6. The first kappa shape index (κ1) is 11.3. The zero-order valence-electron chi connectivity index (χ0n) is 9.08. The zero-order chi connectivity index (χ0) is 11.7. The second-order valence-corrected chi connectivity index (χ2v) is 4.23. The van der Waals surface area contributed by atoms with Crippen LogP contribution in [0.2, 0.25) is 0 Å². The highest BCUT2D eigenvalue weighted by molar-refractivity contribution is 5.39. The second-order valence-electron chi connectivity index (χ2n) is 4.23. The van der Waals surface area contributed by atoms with Crippen LogP contribution in [0.25, 0.3) is 0 Å². The molecule has 16 heavy (non-hydrogen) atoms. The van der Waals surface area contributed by atoms with E-state index in [0.29, 0.717) is 6.42 Å². The van der Waals surface area contributed by atoms with E-state index in [4.69, 9.17) is 0 Å². The number of aryl methyl sites for hydroxylation is 1. The summed E-state index contributed by atoms with van der Waals surface area (Å²) in [6.07, 6.45) is -1.07. The van der Waals surface area contributed by atoms with Crippen molar-refractivity contribution < 1.29 is 13.9 Å². The van der Waals surface area contributed by atoms with E-state index in [1.165, 1.54) is 6.92 Å². The molecule has 2 atom stereocenters. The normalized spacial score (nSPS) is 23.8. The van der Waals surface area contributed by atoms with E-state index < -0.39 is 18.1 Å². The maximum atomic E-state index is 12.6. The minimum Gasteiger partial charge on any atom is -0.392 e. The Balaban J connectivity index is 2.49. The van der Waals surface area contributed by atoms with Crippen LogP contribution in [-0.4, -0.2) is 11.2 Å². The first-order valence-corrected chi connectivity index (χ1v) is 5.39. The lowest BCUT2D eigenvalue weighted by molar-refractivity contribution is 0.135. The van der Waals surface area contributed by atoms with Crippen LogP contribution in [-0.2, 0) is 6.42 Å². The van der Waals surface area contributed by atoms with Crippen molar-refractivity contribution >= 4 is 0 Å². The second kappa shape index (κ2) is 4.34. The fourth-order valence-corrected chi connectivity index (χ4v) is 2.38. The maximum Gasteiger partial charge on any atom is 0.269 e. The van der Waals surface area contributed by atoms with E-state index in [1.807, 2.05) is 24.3 Å². The van der Waals surface area contributed by atoms with Crippen molar-refractivity contribution in [2.75, 3.05) is 0 Å². The molecule has 1 aromatic carbocycles. The summed E-state index contributed by atoms with van der Waals surface area (Å²) in [7, 11) is 0. The molecule has 1 aliphatic carbocycles. The minimum absolute atomic E-state index is 0.0142. The number of rotatable bonds is 1. The van der Waals surface area contributed by atoms with Crippen molar-refractivity contribution in [2.45, 2.75) is 31.8 Å². The smallest absolute Gasteiger partial charge is 0.269 e. The lowest BCUT2D eigenvalue weighted by atomic mass is 9.77. The van der Waals surface area contributed by atoms with E-state index in [9.17, 15) is 13.9 Å². The van der Waals surface area contributed by atoms with Crippen LogP contribution in [0, 0.1) is 0 Å². The molecule has 86 valence electrons. The molecule has 2 rings (SSSR count). The molecule has 3 heteroatoms. The molecule has 1 aliphatic rings. The Morgan fingerprint density at radius 3 is 2.69 bits per heavy atom. The number of aliphatic hydroxyl groups excluding tert-OH is 1. The van der Waals surface area contributed by atoms with Crippen LogP contribution in [0.15, 0.2) is 35.9 Å². The molecule has 0 unspecified atom stereocenters. The van der Waals surface area contributed by atoms with Gasteiger partial charge in [-0.3, -0.25) is 0 Å². The molecule has 0 radical (unpaired) electrons. The van der Waals surface area contributed by atoms with Crippen molar-refractivity contribution in [3.05, 3.63) is 47.0 Å². The molecule has 0 amide bonds. The number of halogens is 2. The fourth-order valence-electron chi connectivity index (χ4n) is 2.38. The third-order valence-electron chi connectivity index (χ3n) is 3.25. The van der Waals surface area contributed by atoms with Gasteiger partial charge in [-0.1, -0.05) is 24.3 Å². The molecular weight excluding hydrogens is 210 g/mol. The van der Waals surface area contributed by atoms with Crippen LogP contribution in [0.4, 0.5) is 8.78 Å². The molecule has 1 nitrogen and oxygen atoms in total. The summed E-state index contributed by atoms with van der Waals surface area (Å²) < 4.78 is 25.3. The number of benzene rings is 1. The SMILES string of the molecule is CC(=C(F)F)[C@@H]1c2ccccc2CC[C@H]1O. The quantitative estimate of drug-likeness (QED) is 0.776. The average molecular weight is 224 g/mol. The summed E-state index contributed by atoms with van der Waals surface area (Å²) in [5.74, 6) is -0.546. The molecular formula is C13H14F2O. The van der Waals surface area contributed by atoms with Crippen molar-refractivity contribution in [1.29, 1.82) is 0 Å². The highest BCUT2D eigenvalue weighted by atomic mass is 19.3. The molecule has 0 spiro atoms. The number of hydrogen-bond donors (Lipinski definition) is 1. The summed E-state index contributed by atoms with van der Waals surface area (Å²) in [6, 6.07) is 7.50. The van der Waals surface area contributed by atoms with Crippen molar-refractivity contribution in [3.8, 4) is 0 Å². The van der Waals surface area contributed by atoms with Gasteiger partial charge in [0.15, 0.2) is 0 Å². The molecule has 0 saturated heterocycles. The highest BCUT2D eigenvalue weighted by Crippen LogP contribution is 2.38. The van der Waals surface area contributed by atoms with Gasteiger partial charge >= 0.3 is 0 Å². The predicted molar refractivity (Wildman–Crippen MR) is 58.4 cm³/mol. The van der Waals surface area contributed by atoms with Gasteiger partial charge in [0.2, 0.25) is 0 Å². The van der Waals surface area contributed by atoms with Crippen LogP contribution in [0.1, 0.15) is 30.4 Å². The summed E-state index contributed by atoms with van der Waals surface area (Å²) in [4.78, 5) is 0. The first-order chi connectivity index (χ1) is 7.61. The summed E-state index contributed by atoms with van der Waals surface area (Å²) in [6.45, 7) is 1.39. The molecule has 1 aromatic rings. The standard InChI is InChI=1S/C13H14F2O/c1-8(13(14)15)12-10-5-3-2-4-9(10)6-7-11(12)16/h2-5,11-12,16H,6-7H2,1H3/t11-,12-/m1/s1. The van der Waals surface area contributed by atoms with Crippen LogP contribution in [0.5, 0.6) is 0 Å². The Kier molecular flexibility index (Phi) is 3.06. The van der Waals surface area contributed by atoms with Gasteiger partial charge in [0, 0.05) is 11.5 Å². The highest BCUT2D eigenvalue weighted by Gasteiger charge is 2.30. The van der Waals surface area contributed by atoms with Crippen molar-refractivity contribution in [2.24, 2.45) is 0 Å². The van der Waals surface area contributed by atoms with Gasteiger partial charge in [-0.25, -0.2) is 0 Å². The van der Waals surface area contributed by atoms with Gasteiger partial charge in [0.05, 0.1) is 6.10 Å². The topological polar surface area (TPSA) is 20.2 Å². The number of fused-ring (bicyclic) bond motifs is 1. The lowest BCUT2D eigenvalue weighted by Crippen LogP contribution is -2.26. The Morgan fingerprint density at radius 1 is 1.31 bits per heavy atom. The van der Waals surface area contributed by atoms with E-state index in [2.05, 4.69) is 0 Å². The predicted octanol–water partition coefficient (Wildman–Crippen LogP) is 3.25.